The number of nitrogens with zero attached hydrogens (tertiary/aromatic N) is 3. The number of aromatic nitrogens is 3. The van der Waals surface area contributed by atoms with Gasteiger partial charge in [-0.1, -0.05) is 0 Å². The molecule has 0 unspecified atom stereocenters. The third-order valence-corrected chi connectivity index (χ3v) is 4.06. The van der Waals surface area contributed by atoms with Gasteiger partial charge in [0.25, 0.3) is 0 Å². The van der Waals surface area contributed by atoms with Gasteiger partial charge in [-0.05, 0) is 37.0 Å². The Kier molecular flexibility index (Phi) is 2.42. The van der Waals surface area contributed by atoms with E-state index in [1.165, 1.54) is 18.0 Å². The van der Waals surface area contributed by atoms with Crippen LogP contribution in [0.25, 0.3) is 16.7 Å². The molecule has 106 valence electrons. The van der Waals surface area contributed by atoms with Crippen molar-refractivity contribution >= 4 is 22.5 Å². The molecule has 0 saturated heterocycles. The van der Waals surface area contributed by atoms with Crippen molar-refractivity contribution in [1.82, 2.24) is 14.5 Å². The van der Waals surface area contributed by atoms with E-state index in [1.54, 1.807) is 12.1 Å². The molecule has 0 amide bonds. The maximum Gasteiger partial charge on any atom is 0.151 e. The molecule has 2 heterocycles. The molecule has 4 rings (SSSR count). The van der Waals surface area contributed by atoms with Gasteiger partial charge in [-0.2, -0.15) is 0 Å². The standard InChI is InChI=1S/C15H14FN5/c16-10-6-8(4-5-11(10)17)21-12-3-1-2-9(12)13-14(21)15(18)20-7-19-13/h4-7H,1-3,17H2,(H2,18,19,20). The molecule has 6 heteroatoms. The van der Waals surface area contributed by atoms with Crippen molar-refractivity contribution in [3.63, 3.8) is 0 Å². The quantitative estimate of drug-likeness (QED) is 0.671. The summed E-state index contributed by atoms with van der Waals surface area (Å²) in [5.41, 5.74) is 16.4. The van der Waals surface area contributed by atoms with Gasteiger partial charge in [0.05, 0.1) is 11.2 Å². The van der Waals surface area contributed by atoms with Crippen molar-refractivity contribution in [1.29, 1.82) is 0 Å². The Labute approximate surface area is 120 Å². The highest BCUT2D eigenvalue weighted by molar-refractivity contribution is 5.91. The number of anilines is 2. The Bertz CT molecular complexity index is 868. The van der Waals surface area contributed by atoms with Crippen molar-refractivity contribution in [3.8, 4) is 5.69 Å². The molecule has 0 aliphatic heterocycles. The van der Waals surface area contributed by atoms with Gasteiger partial charge >= 0.3 is 0 Å². The number of fused-ring (bicyclic) bond motifs is 3. The SMILES string of the molecule is Nc1ccc(-n2c3c(c4ncnc(N)c42)CCC3)cc1F. The number of hydrogen-bond acceptors (Lipinski definition) is 4. The van der Waals surface area contributed by atoms with Crippen molar-refractivity contribution < 1.29 is 4.39 Å². The first kappa shape index (κ1) is 12.1. The maximum atomic E-state index is 13.8. The van der Waals surface area contributed by atoms with E-state index in [2.05, 4.69) is 9.97 Å². The van der Waals surface area contributed by atoms with E-state index >= 15 is 0 Å². The first-order valence-electron chi connectivity index (χ1n) is 6.85. The van der Waals surface area contributed by atoms with E-state index in [1.807, 2.05) is 4.57 Å². The van der Waals surface area contributed by atoms with Gasteiger partial charge < -0.3 is 16.0 Å². The van der Waals surface area contributed by atoms with E-state index in [0.29, 0.717) is 11.5 Å². The number of hydrogen-bond donors (Lipinski definition) is 2. The molecule has 1 aliphatic carbocycles. The van der Waals surface area contributed by atoms with Gasteiger partial charge in [0, 0.05) is 17.4 Å². The van der Waals surface area contributed by atoms with Gasteiger partial charge in [0.15, 0.2) is 5.82 Å². The van der Waals surface area contributed by atoms with Crippen LogP contribution in [0.1, 0.15) is 17.7 Å². The third kappa shape index (κ3) is 1.62. The van der Waals surface area contributed by atoms with Gasteiger partial charge in [-0.25, -0.2) is 14.4 Å². The van der Waals surface area contributed by atoms with Crippen molar-refractivity contribution in [2.75, 3.05) is 11.5 Å². The van der Waals surface area contributed by atoms with Crippen LogP contribution in [-0.4, -0.2) is 14.5 Å². The first-order valence-corrected chi connectivity index (χ1v) is 6.85. The lowest BCUT2D eigenvalue weighted by Crippen LogP contribution is -2.03. The second kappa shape index (κ2) is 4.18. The Hall–Kier alpha value is -2.63. The normalized spacial score (nSPS) is 13.8. The van der Waals surface area contributed by atoms with Crippen LogP contribution >= 0.6 is 0 Å². The molecule has 5 nitrogen and oxygen atoms in total. The van der Waals surface area contributed by atoms with Crippen LogP contribution in [0.3, 0.4) is 0 Å². The summed E-state index contributed by atoms with van der Waals surface area (Å²) in [4.78, 5) is 8.44. The molecule has 0 spiro atoms. The lowest BCUT2D eigenvalue weighted by atomic mass is 10.2. The Morgan fingerprint density at radius 3 is 2.81 bits per heavy atom. The molecule has 0 radical (unpaired) electrons. The van der Waals surface area contributed by atoms with E-state index in [9.17, 15) is 4.39 Å². The summed E-state index contributed by atoms with van der Waals surface area (Å²) < 4.78 is 15.8. The lowest BCUT2D eigenvalue weighted by Gasteiger charge is -2.11. The number of halogens is 1. The summed E-state index contributed by atoms with van der Waals surface area (Å²) in [7, 11) is 0. The fourth-order valence-corrected chi connectivity index (χ4v) is 3.14. The molecule has 21 heavy (non-hydrogen) atoms. The van der Waals surface area contributed by atoms with Crippen LogP contribution in [0.15, 0.2) is 24.5 Å². The Morgan fingerprint density at radius 1 is 1.14 bits per heavy atom. The zero-order valence-electron chi connectivity index (χ0n) is 11.3. The predicted molar refractivity (Wildman–Crippen MR) is 79.7 cm³/mol. The fourth-order valence-electron chi connectivity index (χ4n) is 3.14. The van der Waals surface area contributed by atoms with E-state index in [4.69, 9.17) is 11.5 Å². The summed E-state index contributed by atoms with van der Waals surface area (Å²) in [6.07, 6.45) is 4.44. The lowest BCUT2D eigenvalue weighted by molar-refractivity contribution is 0.631. The fraction of sp³-hybridized carbons (Fsp3) is 0.200. The van der Waals surface area contributed by atoms with E-state index in [-0.39, 0.29) is 5.69 Å². The monoisotopic (exact) mass is 283 g/mol. The molecular weight excluding hydrogens is 269 g/mol. The Morgan fingerprint density at radius 2 is 2.00 bits per heavy atom. The van der Waals surface area contributed by atoms with Gasteiger partial charge in [0.1, 0.15) is 17.7 Å². The van der Waals surface area contributed by atoms with Gasteiger partial charge in [-0.15, -0.1) is 0 Å². The van der Waals surface area contributed by atoms with Crippen LogP contribution < -0.4 is 11.5 Å². The number of rotatable bonds is 1. The number of benzene rings is 1. The summed E-state index contributed by atoms with van der Waals surface area (Å²) in [5.74, 6) is -0.0249. The van der Waals surface area contributed by atoms with E-state index < -0.39 is 5.82 Å². The smallest absolute Gasteiger partial charge is 0.151 e. The van der Waals surface area contributed by atoms with Crippen LogP contribution in [0.5, 0.6) is 0 Å². The highest BCUT2D eigenvalue weighted by Crippen LogP contribution is 2.36. The zero-order valence-corrected chi connectivity index (χ0v) is 11.3. The van der Waals surface area contributed by atoms with Crippen LogP contribution in [0, 0.1) is 5.82 Å². The third-order valence-electron chi connectivity index (χ3n) is 4.06. The minimum Gasteiger partial charge on any atom is -0.396 e. The zero-order chi connectivity index (χ0) is 14.6. The topological polar surface area (TPSA) is 82.8 Å². The van der Waals surface area contributed by atoms with Gasteiger partial charge in [-0.3, -0.25) is 0 Å². The number of aryl methyl sites for hydroxylation is 1. The molecule has 2 aromatic heterocycles. The van der Waals surface area contributed by atoms with Crippen LogP contribution in [0.4, 0.5) is 15.9 Å². The summed E-state index contributed by atoms with van der Waals surface area (Å²) in [6, 6.07) is 4.79. The summed E-state index contributed by atoms with van der Waals surface area (Å²) in [5, 5.41) is 0. The summed E-state index contributed by atoms with van der Waals surface area (Å²) >= 11 is 0. The molecule has 0 bridgehead atoms. The minimum atomic E-state index is -0.434. The van der Waals surface area contributed by atoms with Crippen LogP contribution in [0.2, 0.25) is 0 Å². The molecule has 3 aromatic rings. The first-order chi connectivity index (χ1) is 10.2. The van der Waals surface area contributed by atoms with Crippen molar-refractivity contribution in [3.05, 3.63) is 41.6 Å². The molecule has 0 atom stereocenters. The van der Waals surface area contributed by atoms with Crippen LogP contribution in [-0.2, 0) is 12.8 Å². The summed E-state index contributed by atoms with van der Waals surface area (Å²) in [6.45, 7) is 0. The Balaban J connectivity index is 2.10. The number of nitrogens with two attached hydrogens (primary N) is 2. The predicted octanol–water partition coefficient (Wildman–Crippen LogP) is 2.21. The average molecular weight is 283 g/mol. The van der Waals surface area contributed by atoms with Gasteiger partial charge in [0.2, 0.25) is 0 Å². The van der Waals surface area contributed by atoms with E-state index in [0.717, 1.165) is 36.0 Å². The second-order valence-electron chi connectivity index (χ2n) is 5.28. The molecule has 1 aliphatic rings. The highest BCUT2D eigenvalue weighted by atomic mass is 19.1. The van der Waals surface area contributed by atoms with Crippen molar-refractivity contribution in [2.45, 2.75) is 19.3 Å². The molecule has 0 fully saturated rings. The minimum absolute atomic E-state index is 0.135. The largest absolute Gasteiger partial charge is 0.396 e. The molecule has 4 N–H and O–H groups in total. The maximum absolute atomic E-state index is 13.8. The second-order valence-corrected chi connectivity index (χ2v) is 5.28. The molecule has 1 aromatic carbocycles. The molecular formula is C15H14FN5. The highest BCUT2D eigenvalue weighted by Gasteiger charge is 2.25. The number of nitrogen functional groups attached to an aromatic ring is 2. The van der Waals surface area contributed by atoms with Crippen molar-refractivity contribution in [2.24, 2.45) is 0 Å². The molecule has 0 saturated carbocycles. The average Bonchev–Trinajstić information content (AvgIpc) is 3.03.